The number of amides is 1. The third-order valence-electron chi connectivity index (χ3n) is 5.99. The fourth-order valence-corrected chi connectivity index (χ4v) is 4.61. The van der Waals surface area contributed by atoms with E-state index in [4.69, 9.17) is 4.42 Å². The van der Waals surface area contributed by atoms with Gasteiger partial charge in [-0.1, -0.05) is 47.1 Å². The van der Waals surface area contributed by atoms with E-state index in [2.05, 4.69) is 15.9 Å². The first kappa shape index (κ1) is 22.0. The maximum absolute atomic E-state index is 13.6. The first-order valence-corrected chi connectivity index (χ1v) is 11.5. The minimum atomic E-state index is -0.895. The van der Waals surface area contributed by atoms with Crippen molar-refractivity contribution in [2.45, 2.75) is 19.4 Å². The van der Waals surface area contributed by atoms with Gasteiger partial charge in [-0.3, -0.25) is 14.5 Å². The van der Waals surface area contributed by atoms with Crippen LogP contribution in [0.25, 0.3) is 11.0 Å². The van der Waals surface area contributed by atoms with Crippen molar-refractivity contribution < 1.29 is 24.2 Å². The molecule has 5 rings (SSSR count). The third-order valence-corrected chi connectivity index (χ3v) is 6.48. The number of phenolic OH excluding ortho intramolecular Hbond substituents is 1. The second kappa shape index (κ2) is 8.50. The number of furan rings is 1. The summed E-state index contributed by atoms with van der Waals surface area (Å²) in [5.41, 5.74) is 2.65. The topological polar surface area (TPSA) is 91.0 Å². The zero-order valence-electron chi connectivity index (χ0n) is 18.2. The van der Waals surface area contributed by atoms with Crippen LogP contribution in [0.3, 0.4) is 0 Å². The molecule has 170 valence electrons. The Bertz CT molecular complexity index is 1450. The molecule has 0 saturated carbocycles. The normalized spacial score (nSPS) is 16.0. The number of nitrogens with zero attached hydrogens (tertiary/aromatic N) is 1. The van der Waals surface area contributed by atoms with Crippen LogP contribution in [0, 0.1) is 0 Å². The summed E-state index contributed by atoms with van der Waals surface area (Å²) < 4.78 is 6.60. The number of hydrogen-bond donors (Lipinski definition) is 2. The zero-order valence-corrected chi connectivity index (χ0v) is 19.7. The van der Waals surface area contributed by atoms with Gasteiger partial charge in [-0.25, -0.2) is 0 Å². The molecule has 34 heavy (non-hydrogen) atoms. The van der Waals surface area contributed by atoms with E-state index in [-0.39, 0.29) is 17.1 Å². The fourth-order valence-electron chi connectivity index (χ4n) is 4.23. The summed E-state index contributed by atoms with van der Waals surface area (Å²) in [5, 5.41) is 21.4. The number of fused-ring (bicyclic) bond motifs is 1. The van der Waals surface area contributed by atoms with E-state index in [9.17, 15) is 19.8 Å². The van der Waals surface area contributed by atoms with Crippen molar-refractivity contribution in [3.05, 3.63) is 105 Å². The Morgan fingerprint density at radius 3 is 2.38 bits per heavy atom. The minimum absolute atomic E-state index is 0.0226. The Balaban J connectivity index is 1.64. The molecule has 1 atom stereocenters. The van der Waals surface area contributed by atoms with Crippen LogP contribution in [-0.4, -0.2) is 21.9 Å². The molecule has 7 heteroatoms. The molecule has 0 aliphatic carbocycles. The lowest BCUT2D eigenvalue weighted by Crippen LogP contribution is -2.31. The fraction of sp³-hybridized carbons (Fsp3) is 0.111. The summed E-state index contributed by atoms with van der Waals surface area (Å²) in [6.07, 6.45) is 0.838. The van der Waals surface area contributed by atoms with Gasteiger partial charge in [0.1, 0.15) is 11.3 Å². The molecule has 3 aromatic carbocycles. The van der Waals surface area contributed by atoms with Crippen molar-refractivity contribution in [2.75, 3.05) is 4.90 Å². The molecule has 0 radical (unpaired) electrons. The molecule has 4 aromatic rings. The number of phenols is 1. The van der Waals surface area contributed by atoms with Crippen molar-refractivity contribution >= 4 is 44.3 Å². The number of aryl methyl sites for hydroxylation is 1. The second-order valence-corrected chi connectivity index (χ2v) is 8.99. The average molecular weight is 518 g/mol. The first-order chi connectivity index (χ1) is 16.4. The maximum atomic E-state index is 13.6. The van der Waals surface area contributed by atoms with E-state index in [0.717, 1.165) is 21.8 Å². The molecule has 0 fully saturated rings. The summed E-state index contributed by atoms with van der Waals surface area (Å²) in [4.78, 5) is 28.3. The van der Waals surface area contributed by atoms with Crippen LogP contribution in [0.15, 0.2) is 93.0 Å². The van der Waals surface area contributed by atoms with E-state index in [0.29, 0.717) is 16.8 Å². The number of carbonyl (C=O) groups is 2. The number of hydrogen-bond acceptors (Lipinski definition) is 5. The molecule has 6 nitrogen and oxygen atoms in total. The summed E-state index contributed by atoms with van der Waals surface area (Å²) in [7, 11) is 0. The first-order valence-electron chi connectivity index (χ1n) is 10.8. The van der Waals surface area contributed by atoms with Gasteiger partial charge in [0.05, 0.1) is 11.6 Å². The Labute approximate surface area is 203 Å². The Morgan fingerprint density at radius 1 is 1.00 bits per heavy atom. The van der Waals surface area contributed by atoms with Gasteiger partial charge < -0.3 is 14.6 Å². The molecule has 1 amide bonds. The molecule has 2 heterocycles. The van der Waals surface area contributed by atoms with Crippen molar-refractivity contribution in [1.29, 1.82) is 0 Å². The molecular formula is C27H20BrNO5. The largest absolute Gasteiger partial charge is 0.508 e. The van der Waals surface area contributed by atoms with Gasteiger partial charge in [-0.15, -0.1) is 0 Å². The number of benzene rings is 3. The van der Waals surface area contributed by atoms with Crippen molar-refractivity contribution in [1.82, 2.24) is 0 Å². The quantitative estimate of drug-likeness (QED) is 0.305. The number of aliphatic hydroxyl groups excluding tert-OH is 1. The number of ketones is 1. The van der Waals surface area contributed by atoms with Gasteiger partial charge in [0, 0.05) is 15.5 Å². The lowest BCUT2D eigenvalue weighted by Gasteiger charge is -2.27. The Hall–Kier alpha value is -3.84. The van der Waals surface area contributed by atoms with E-state index in [1.807, 2.05) is 25.1 Å². The molecule has 0 saturated heterocycles. The number of rotatable bonds is 5. The van der Waals surface area contributed by atoms with Gasteiger partial charge in [0.2, 0.25) is 5.78 Å². The number of aliphatic hydroxyl groups is 1. The van der Waals surface area contributed by atoms with Crippen LogP contribution in [-0.2, 0) is 11.2 Å². The van der Waals surface area contributed by atoms with Crippen LogP contribution in [0.5, 0.6) is 5.75 Å². The predicted molar refractivity (Wildman–Crippen MR) is 132 cm³/mol. The smallest absolute Gasteiger partial charge is 0.294 e. The number of halogens is 1. The SMILES string of the molecule is CCc1ccc(N2C(=O)C(O)=C(C(=O)c3cc4cc(Br)ccc4o3)C2c2ccc(O)cc2)cc1. The Morgan fingerprint density at radius 2 is 1.71 bits per heavy atom. The van der Waals surface area contributed by atoms with Gasteiger partial charge >= 0.3 is 0 Å². The van der Waals surface area contributed by atoms with Crippen molar-refractivity contribution in [3.63, 3.8) is 0 Å². The van der Waals surface area contributed by atoms with E-state index < -0.39 is 23.5 Å². The number of anilines is 1. The lowest BCUT2D eigenvalue weighted by molar-refractivity contribution is -0.117. The molecule has 0 spiro atoms. The summed E-state index contributed by atoms with van der Waals surface area (Å²) >= 11 is 3.40. The molecule has 1 unspecified atom stereocenters. The van der Waals surface area contributed by atoms with Gasteiger partial charge in [-0.05, 0) is 66.1 Å². The molecule has 2 N–H and O–H groups in total. The monoisotopic (exact) mass is 517 g/mol. The molecular weight excluding hydrogens is 498 g/mol. The molecule has 0 bridgehead atoms. The van der Waals surface area contributed by atoms with E-state index in [1.165, 1.54) is 17.0 Å². The highest BCUT2D eigenvalue weighted by atomic mass is 79.9. The summed E-state index contributed by atoms with van der Waals surface area (Å²) in [6.45, 7) is 2.03. The predicted octanol–water partition coefficient (Wildman–Crippen LogP) is 6.25. The summed E-state index contributed by atoms with van der Waals surface area (Å²) in [5.74, 6) is -1.80. The van der Waals surface area contributed by atoms with Gasteiger partial charge in [0.15, 0.2) is 11.5 Å². The second-order valence-electron chi connectivity index (χ2n) is 8.07. The third kappa shape index (κ3) is 3.68. The number of Topliss-reactive ketones (excluding diaryl/α,β-unsaturated/α-hetero) is 1. The van der Waals surface area contributed by atoms with Crippen molar-refractivity contribution in [3.8, 4) is 5.75 Å². The highest BCUT2D eigenvalue weighted by Crippen LogP contribution is 2.42. The van der Waals surface area contributed by atoms with E-state index >= 15 is 0 Å². The summed E-state index contributed by atoms with van der Waals surface area (Å²) in [6, 6.07) is 19.7. The van der Waals surface area contributed by atoms with Crippen LogP contribution in [0.1, 0.15) is 34.6 Å². The molecule has 1 aromatic heterocycles. The lowest BCUT2D eigenvalue weighted by atomic mass is 9.94. The Kier molecular flexibility index (Phi) is 5.49. The average Bonchev–Trinajstić information content (AvgIpc) is 3.38. The van der Waals surface area contributed by atoms with Gasteiger partial charge in [0.25, 0.3) is 5.91 Å². The van der Waals surface area contributed by atoms with E-state index in [1.54, 1.807) is 42.5 Å². The zero-order chi connectivity index (χ0) is 24.0. The van der Waals surface area contributed by atoms with Crippen LogP contribution < -0.4 is 4.90 Å². The highest BCUT2D eigenvalue weighted by molar-refractivity contribution is 9.10. The standard InChI is InChI=1S/C27H20BrNO5/c1-2-15-3-8-19(9-4-15)29-24(16-5-10-20(30)11-6-16)23(26(32)27(29)33)25(31)22-14-17-13-18(28)7-12-21(17)34-22/h3-14,24,30,32H,2H2,1H3. The maximum Gasteiger partial charge on any atom is 0.294 e. The highest BCUT2D eigenvalue weighted by Gasteiger charge is 2.45. The van der Waals surface area contributed by atoms with Crippen LogP contribution in [0.2, 0.25) is 0 Å². The number of carbonyl (C=O) groups excluding carboxylic acids is 2. The van der Waals surface area contributed by atoms with Crippen molar-refractivity contribution in [2.24, 2.45) is 0 Å². The van der Waals surface area contributed by atoms with Gasteiger partial charge in [-0.2, -0.15) is 0 Å². The van der Waals surface area contributed by atoms with Crippen LogP contribution in [0.4, 0.5) is 5.69 Å². The minimum Gasteiger partial charge on any atom is -0.508 e. The molecule has 1 aliphatic heterocycles. The molecule has 1 aliphatic rings. The number of aromatic hydroxyl groups is 1. The van der Waals surface area contributed by atoms with Crippen LogP contribution >= 0.6 is 15.9 Å².